The fourth-order valence-electron chi connectivity index (χ4n) is 5.36. The van der Waals surface area contributed by atoms with Crippen molar-refractivity contribution >= 4 is 17.3 Å². The number of fused-ring (bicyclic) bond motifs is 1. The number of methoxy groups -OCH3 is 1. The molecule has 0 bridgehead atoms. The molecule has 2 heterocycles. The van der Waals surface area contributed by atoms with Crippen molar-refractivity contribution in [1.29, 1.82) is 0 Å². The van der Waals surface area contributed by atoms with Gasteiger partial charge < -0.3 is 20.7 Å². The Morgan fingerprint density at radius 2 is 1.88 bits per heavy atom. The summed E-state index contributed by atoms with van der Waals surface area (Å²) in [6.45, 7) is 4.22. The van der Waals surface area contributed by atoms with Crippen LogP contribution < -0.4 is 15.8 Å². The van der Waals surface area contributed by atoms with Gasteiger partial charge in [0.15, 0.2) is 5.82 Å². The van der Waals surface area contributed by atoms with E-state index >= 15 is 0 Å². The molecule has 1 atom stereocenters. The number of hydrogen-bond acceptors (Lipinski definition) is 8. The highest BCUT2D eigenvalue weighted by Crippen LogP contribution is 2.47. The molecule has 0 aliphatic heterocycles. The number of aliphatic hydroxyl groups excluding tert-OH is 1. The van der Waals surface area contributed by atoms with Crippen LogP contribution in [0, 0.1) is 11.2 Å². The first-order chi connectivity index (χ1) is 19.0. The number of carbonyl (C=O) groups is 1. The Balaban J connectivity index is 1.40. The van der Waals surface area contributed by atoms with Gasteiger partial charge in [0, 0.05) is 23.1 Å². The van der Waals surface area contributed by atoms with Gasteiger partial charge in [-0.15, -0.1) is 0 Å². The van der Waals surface area contributed by atoms with E-state index in [2.05, 4.69) is 22.3 Å². The fraction of sp³-hybridized carbons (Fsp3) is 0.379. The average molecular weight is 549 g/mol. The Bertz CT molecular complexity index is 1550. The minimum absolute atomic E-state index is 0.302. The maximum Gasteiger partial charge on any atom is 0.309 e. The van der Waals surface area contributed by atoms with Crippen molar-refractivity contribution in [3.63, 3.8) is 0 Å². The molecule has 10 nitrogen and oxygen atoms in total. The third kappa shape index (κ3) is 4.98. The Morgan fingerprint density at radius 1 is 1.18 bits per heavy atom. The van der Waals surface area contributed by atoms with Crippen LogP contribution in [0.1, 0.15) is 62.7 Å². The first-order valence-electron chi connectivity index (χ1n) is 13.1. The summed E-state index contributed by atoms with van der Waals surface area (Å²) in [7, 11) is 1.46. The molecule has 4 aromatic rings. The molecule has 5 rings (SSSR count). The molecule has 2 aromatic carbocycles. The fourth-order valence-corrected chi connectivity index (χ4v) is 5.36. The number of rotatable bonds is 8. The van der Waals surface area contributed by atoms with E-state index in [1.165, 1.54) is 31.6 Å². The van der Waals surface area contributed by atoms with Crippen molar-refractivity contribution in [3.05, 3.63) is 71.6 Å². The summed E-state index contributed by atoms with van der Waals surface area (Å²) in [5.74, 6) is 0.188. The SMILES string of the molecule is COc1ccc(F)cc1C(O)NCc1ccc(-c2nc([C@]3(C)CC[C@](C)(C(=O)O)CC3)n3ncnc(N)c23)cc1. The molecule has 1 fully saturated rings. The van der Waals surface area contributed by atoms with Gasteiger partial charge >= 0.3 is 5.97 Å². The first kappa shape index (κ1) is 27.5. The van der Waals surface area contributed by atoms with Gasteiger partial charge in [0.05, 0.1) is 12.5 Å². The van der Waals surface area contributed by atoms with Gasteiger partial charge in [0.25, 0.3) is 0 Å². The maximum absolute atomic E-state index is 13.7. The van der Waals surface area contributed by atoms with E-state index in [9.17, 15) is 19.4 Å². The lowest BCUT2D eigenvalue weighted by Crippen LogP contribution is -2.39. The topological polar surface area (TPSA) is 148 Å². The number of aliphatic carboxylic acids is 1. The number of benzene rings is 2. The van der Waals surface area contributed by atoms with Gasteiger partial charge in [-0.2, -0.15) is 5.10 Å². The summed E-state index contributed by atoms with van der Waals surface area (Å²) in [4.78, 5) is 21.0. The second-order valence-corrected chi connectivity index (χ2v) is 11.0. The zero-order chi connectivity index (χ0) is 28.7. The first-order valence-corrected chi connectivity index (χ1v) is 13.1. The van der Waals surface area contributed by atoms with Gasteiger partial charge in [-0.05, 0) is 56.4 Å². The van der Waals surface area contributed by atoms with Crippen molar-refractivity contribution in [3.8, 4) is 17.0 Å². The lowest BCUT2D eigenvalue weighted by Gasteiger charge is -2.39. The second-order valence-electron chi connectivity index (χ2n) is 11.0. The quantitative estimate of drug-likeness (QED) is 0.238. The zero-order valence-electron chi connectivity index (χ0n) is 22.7. The van der Waals surface area contributed by atoms with E-state index in [0.29, 0.717) is 60.6 Å². The molecule has 1 unspecified atom stereocenters. The number of carboxylic acids is 1. The Morgan fingerprint density at radius 3 is 2.52 bits per heavy atom. The maximum atomic E-state index is 13.7. The molecule has 0 spiro atoms. The number of carboxylic acid groups (broad SMARTS) is 1. The highest BCUT2D eigenvalue weighted by atomic mass is 19.1. The van der Waals surface area contributed by atoms with Gasteiger partial charge in [-0.1, -0.05) is 31.2 Å². The molecule has 210 valence electrons. The van der Waals surface area contributed by atoms with Crippen molar-refractivity contribution in [2.75, 3.05) is 12.8 Å². The molecule has 11 heteroatoms. The van der Waals surface area contributed by atoms with Gasteiger partial charge in [0.1, 0.15) is 41.2 Å². The highest BCUT2D eigenvalue weighted by Gasteiger charge is 2.45. The molecule has 1 aliphatic carbocycles. The predicted molar refractivity (Wildman–Crippen MR) is 147 cm³/mol. The van der Waals surface area contributed by atoms with Gasteiger partial charge in [0.2, 0.25) is 0 Å². The van der Waals surface area contributed by atoms with E-state index in [1.54, 1.807) is 11.4 Å². The molecule has 5 N–H and O–H groups in total. The third-order valence-electron chi connectivity index (χ3n) is 8.19. The zero-order valence-corrected chi connectivity index (χ0v) is 22.7. The van der Waals surface area contributed by atoms with Crippen molar-refractivity contribution in [1.82, 2.24) is 24.9 Å². The third-order valence-corrected chi connectivity index (χ3v) is 8.19. The van der Waals surface area contributed by atoms with Crippen LogP contribution in [0.5, 0.6) is 5.75 Å². The minimum atomic E-state index is -1.12. The predicted octanol–water partition coefficient (Wildman–Crippen LogP) is 4.22. The highest BCUT2D eigenvalue weighted by molar-refractivity contribution is 5.85. The molecular weight excluding hydrogens is 515 g/mol. The second kappa shape index (κ2) is 10.5. The summed E-state index contributed by atoms with van der Waals surface area (Å²) in [6, 6.07) is 11.6. The molecule has 1 aliphatic rings. The van der Waals surface area contributed by atoms with Crippen molar-refractivity contribution in [2.24, 2.45) is 5.41 Å². The van der Waals surface area contributed by atoms with E-state index in [0.717, 1.165) is 17.0 Å². The number of imidazole rings is 1. The Hall–Kier alpha value is -4.09. The molecule has 0 amide bonds. The normalized spacial score (nSPS) is 21.8. The number of aromatic nitrogens is 4. The lowest BCUT2D eigenvalue weighted by molar-refractivity contribution is -0.150. The number of nitrogens with one attached hydrogen (secondary N) is 1. The molecule has 2 aromatic heterocycles. The monoisotopic (exact) mass is 548 g/mol. The Labute approximate surface area is 231 Å². The summed E-state index contributed by atoms with van der Waals surface area (Å²) >= 11 is 0. The molecule has 0 radical (unpaired) electrons. The van der Waals surface area contributed by atoms with Crippen LogP contribution in [-0.4, -0.2) is 42.9 Å². The van der Waals surface area contributed by atoms with Crippen molar-refractivity contribution in [2.45, 2.75) is 57.7 Å². The summed E-state index contributed by atoms with van der Waals surface area (Å²) in [5, 5.41) is 27.7. The number of hydrogen-bond donors (Lipinski definition) is 4. The lowest BCUT2D eigenvalue weighted by atomic mass is 9.65. The smallest absolute Gasteiger partial charge is 0.309 e. The van der Waals surface area contributed by atoms with Gasteiger partial charge in [-0.3, -0.25) is 10.1 Å². The van der Waals surface area contributed by atoms with E-state index in [4.69, 9.17) is 15.5 Å². The summed E-state index contributed by atoms with van der Waals surface area (Å²) in [5.41, 5.74) is 8.43. The van der Waals surface area contributed by atoms with Crippen molar-refractivity contribution < 1.29 is 24.1 Å². The van der Waals surface area contributed by atoms with E-state index < -0.39 is 23.4 Å². The minimum Gasteiger partial charge on any atom is -0.496 e. The standard InChI is InChI=1S/C29H33FN6O4/c1-28(10-12-29(2,13-11-28)27(38)39)26-35-22(23-24(31)33-16-34-36(23)26)18-6-4-17(5-7-18)15-32-25(37)20-14-19(30)8-9-21(20)40-3/h4-9,14,16,25,32,37H,10-13,15H2,1-3H3,(H,38,39)(H2,31,33,34)/t25?,28-,29+. The largest absolute Gasteiger partial charge is 0.496 e. The number of nitrogens with zero attached hydrogens (tertiary/aromatic N) is 4. The molecular formula is C29H33FN6O4. The van der Waals surface area contributed by atoms with Crippen LogP contribution in [0.4, 0.5) is 10.2 Å². The van der Waals surface area contributed by atoms with Crippen LogP contribution in [0.25, 0.3) is 16.8 Å². The summed E-state index contributed by atoms with van der Waals surface area (Å²) < 4.78 is 20.7. The molecule has 1 saturated carbocycles. The number of nitrogens with two attached hydrogens (primary N) is 1. The number of ether oxygens (including phenoxy) is 1. The molecule has 0 saturated heterocycles. The summed E-state index contributed by atoms with van der Waals surface area (Å²) in [6.07, 6.45) is 2.67. The van der Waals surface area contributed by atoms with Crippen LogP contribution in [0.2, 0.25) is 0 Å². The number of nitrogen functional groups attached to an aromatic ring is 1. The molecule has 40 heavy (non-hydrogen) atoms. The van der Waals surface area contributed by atoms with Crippen LogP contribution in [0.15, 0.2) is 48.8 Å². The average Bonchev–Trinajstić information content (AvgIpc) is 3.35. The van der Waals surface area contributed by atoms with Gasteiger partial charge in [-0.25, -0.2) is 18.9 Å². The number of aliphatic hydroxyl groups is 1. The van der Waals surface area contributed by atoms with Crippen LogP contribution >= 0.6 is 0 Å². The number of halogens is 1. The number of anilines is 1. The Kier molecular flexibility index (Phi) is 7.19. The van der Waals surface area contributed by atoms with Crippen LogP contribution in [-0.2, 0) is 16.8 Å². The van der Waals surface area contributed by atoms with E-state index in [1.807, 2.05) is 24.3 Å². The van der Waals surface area contributed by atoms with E-state index in [-0.39, 0.29) is 5.41 Å². The van der Waals surface area contributed by atoms with Crippen LogP contribution in [0.3, 0.4) is 0 Å².